The van der Waals surface area contributed by atoms with E-state index in [2.05, 4.69) is 40.6 Å². The van der Waals surface area contributed by atoms with Gasteiger partial charge in [0.2, 0.25) is 0 Å². The molecule has 0 spiro atoms. The van der Waals surface area contributed by atoms with Crippen LogP contribution in [-0.2, 0) is 19.5 Å². The van der Waals surface area contributed by atoms with Crippen LogP contribution in [0.1, 0.15) is 33.9 Å². The fourth-order valence-electron chi connectivity index (χ4n) is 3.95. The second kappa shape index (κ2) is 8.91. The van der Waals surface area contributed by atoms with Gasteiger partial charge in [0.15, 0.2) is 0 Å². The molecule has 0 amide bonds. The normalized spacial score (nSPS) is 13.6. The van der Waals surface area contributed by atoms with E-state index >= 15 is 0 Å². The second-order valence-corrected chi connectivity index (χ2v) is 7.55. The lowest BCUT2D eigenvalue weighted by Gasteiger charge is -2.26. The fraction of sp³-hybridized carbons (Fsp3) is 0.240. The van der Waals surface area contributed by atoms with Crippen LogP contribution in [0.3, 0.4) is 0 Å². The van der Waals surface area contributed by atoms with Gasteiger partial charge in [-0.15, -0.1) is 0 Å². The van der Waals surface area contributed by atoms with Crippen molar-refractivity contribution in [1.82, 2.24) is 4.90 Å². The average molecular weight is 383 g/mol. The number of hydrogen-bond acceptors (Lipinski definition) is 4. The van der Waals surface area contributed by atoms with Gasteiger partial charge in [-0.2, -0.15) is 5.26 Å². The molecule has 4 rings (SSSR count). The molecule has 4 nitrogen and oxygen atoms in total. The van der Waals surface area contributed by atoms with E-state index in [0.29, 0.717) is 12.1 Å². The summed E-state index contributed by atoms with van der Waals surface area (Å²) in [6.45, 7) is 2.85. The third kappa shape index (κ3) is 4.65. The standard InChI is InChI=1S/C25H25N3O/c26-15-23-14-22(13-21-11-12-27-25(21)23)24(29)18-28(16-19-7-3-1-4-8-19)17-20-9-5-2-6-10-20/h1-10,13-14,24,27,29H,11-12,16-18H2. The molecule has 0 aliphatic carbocycles. The van der Waals surface area contributed by atoms with Crippen molar-refractivity contribution < 1.29 is 5.11 Å². The quantitative estimate of drug-likeness (QED) is 0.640. The Labute approximate surface area is 172 Å². The summed E-state index contributed by atoms with van der Waals surface area (Å²) < 4.78 is 0. The van der Waals surface area contributed by atoms with Crippen molar-refractivity contribution >= 4 is 5.69 Å². The highest BCUT2D eigenvalue weighted by Gasteiger charge is 2.20. The van der Waals surface area contributed by atoms with Crippen LogP contribution in [0.5, 0.6) is 0 Å². The SMILES string of the molecule is N#Cc1cc(C(O)CN(Cc2ccccc2)Cc2ccccc2)cc2c1NCC2. The number of nitrogens with one attached hydrogen (secondary N) is 1. The van der Waals surface area contributed by atoms with E-state index in [9.17, 15) is 10.4 Å². The smallest absolute Gasteiger partial charge is 0.101 e. The summed E-state index contributed by atoms with van der Waals surface area (Å²) >= 11 is 0. The van der Waals surface area contributed by atoms with Gasteiger partial charge >= 0.3 is 0 Å². The highest BCUT2D eigenvalue weighted by molar-refractivity contribution is 5.66. The molecule has 3 aromatic carbocycles. The molecule has 1 unspecified atom stereocenters. The molecule has 146 valence electrons. The Kier molecular flexibility index (Phi) is 5.90. The van der Waals surface area contributed by atoms with Crippen LogP contribution in [0.15, 0.2) is 72.8 Å². The van der Waals surface area contributed by atoms with Crippen LogP contribution in [0.4, 0.5) is 5.69 Å². The maximum Gasteiger partial charge on any atom is 0.101 e. The van der Waals surface area contributed by atoms with E-state index < -0.39 is 6.10 Å². The number of aliphatic hydroxyl groups is 1. The first kappa shape index (κ1) is 19.2. The van der Waals surface area contributed by atoms with Gasteiger partial charge in [-0.3, -0.25) is 4.90 Å². The minimum Gasteiger partial charge on any atom is -0.387 e. The lowest BCUT2D eigenvalue weighted by molar-refractivity contribution is 0.105. The maximum atomic E-state index is 11.0. The van der Waals surface area contributed by atoms with Crippen molar-refractivity contribution in [3.8, 4) is 6.07 Å². The Bertz CT molecular complexity index is 954. The number of aliphatic hydroxyl groups excluding tert-OH is 1. The first-order valence-electron chi connectivity index (χ1n) is 10.0. The molecule has 1 atom stereocenters. The van der Waals surface area contributed by atoms with Gasteiger partial charge in [-0.1, -0.05) is 66.7 Å². The maximum absolute atomic E-state index is 11.0. The Hall–Kier alpha value is -3.13. The molecule has 1 aliphatic rings. The van der Waals surface area contributed by atoms with Crippen molar-refractivity contribution in [1.29, 1.82) is 5.26 Å². The zero-order chi connectivity index (χ0) is 20.1. The number of nitrogens with zero attached hydrogens (tertiary/aromatic N) is 2. The van der Waals surface area contributed by atoms with Crippen LogP contribution < -0.4 is 5.32 Å². The summed E-state index contributed by atoms with van der Waals surface area (Å²) in [5, 5.41) is 23.8. The minimum absolute atomic E-state index is 0.501. The summed E-state index contributed by atoms with van der Waals surface area (Å²) in [5.74, 6) is 0. The summed E-state index contributed by atoms with van der Waals surface area (Å²) in [6, 6.07) is 26.8. The van der Waals surface area contributed by atoms with Gasteiger partial charge in [0.05, 0.1) is 17.4 Å². The molecule has 0 bridgehead atoms. The van der Waals surface area contributed by atoms with Crippen molar-refractivity contribution in [2.24, 2.45) is 0 Å². The van der Waals surface area contributed by atoms with Gasteiger partial charge in [-0.25, -0.2) is 0 Å². The van der Waals surface area contributed by atoms with Gasteiger partial charge in [-0.05, 0) is 34.7 Å². The molecule has 2 N–H and O–H groups in total. The summed E-state index contributed by atoms with van der Waals surface area (Å²) in [6.07, 6.45) is 0.239. The number of fused-ring (bicyclic) bond motifs is 1. The van der Waals surface area contributed by atoms with E-state index in [4.69, 9.17) is 0 Å². The number of benzene rings is 3. The second-order valence-electron chi connectivity index (χ2n) is 7.55. The van der Waals surface area contributed by atoms with Crippen molar-refractivity contribution in [2.45, 2.75) is 25.6 Å². The molecular weight excluding hydrogens is 358 g/mol. The molecule has 1 heterocycles. The highest BCUT2D eigenvalue weighted by atomic mass is 16.3. The molecule has 4 heteroatoms. The van der Waals surface area contributed by atoms with Crippen LogP contribution in [0.2, 0.25) is 0 Å². The van der Waals surface area contributed by atoms with Crippen LogP contribution in [-0.4, -0.2) is 23.1 Å². The van der Waals surface area contributed by atoms with Gasteiger partial charge in [0.25, 0.3) is 0 Å². The summed E-state index contributed by atoms with van der Waals surface area (Å²) in [5.41, 5.74) is 5.91. The van der Waals surface area contributed by atoms with Crippen molar-refractivity contribution in [3.05, 3.63) is 101 Å². The van der Waals surface area contributed by atoms with Crippen molar-refractivity contribution in [3.63, 3.8) is 0 Å². The van der Waals surface area contributed by atoms with Gasteiger partial charge in [0.1, 0.15) is 6.07 Å². The van der Waals surface area contributed by atoms with Crippen LogP contribution in [0, 0.1) is 11.3 Å². The van der Waals surface area contributed by atoms with E-state index in [0.717, 1.165) is 42.9 Å². The zero-order valence-electron chi connectivity index (χ0n) is 16.4. The Morgan fingerprint density at radius 1 is 0.966 bits per heavy atom. The molecule has 3 aromatic rings. The van der Waals surface area contributed by atoms with Gasteiger partial charge < -0.3 is 10.4 Å². The van der Waals surface area contributed by atoms with E-state index in [1.165, 1.54) is 11.1 Å². The largest absolute Gasteiger partial charge is 0.387 e. The van der Waals surface area contributed by atoms with Gasteiger partial charge in [0, 0.05) is 26.2 Å². The van der Waals surface area contributed by atoms with Crippen LogP contribution >= 0.6 is 0 Å². The highest BCUT2D eigenvalue weighted by Crippen LogP contribution is 2.30. The fourth-order valence-corrected chi connectivity index (χ4v) is 3.95. The third-order valence-corrected chi connectivity index (χ3v) is 5.37. The first-order chi connectivity index (χ1) is 14.2. The first-order valence-corrected chi connectivity index (χ1v) is 10.0. The third-order valence-electron chi connectivity index (χ3n) is 5.37. The molecular formula is C25H25N3O. The van der Waals surface area contributed by atoms with E-state index in [1.54, 1.807) is 0 Å². The predicted molar refractivity (Wildman–Crippen MR) is 115 cm³/mol. The number of anilines is 1. The van der Waals surface area contributed by atoms with E-state index in [1.807, 2.05) is 48.5 Å². The zero-order valence-corrected chi connectivity index (χ0v) is 16.4. The molecule has 1 aliphatic heterocycles. The lowest BCUT2D eigenvalue weighted by Crippen LogP contribution is -2.28. The number of rotatable bonds is 7. The molecule has 0 saturated heterocycles. The molecule has 0 aromatic heterocycles. The monoisotopic (exact) mass is 383 g/mol. The molecule has 0 fully saturated rings. The number of hydrogen-bond donors (Lipinski definition) is 2. The van der Waals surface area contributed by atoms with Crippen LogP contribution in [0.25, 0.3) is 0 Å². The Morgan fingerprint density at radius 3 is 2.17 bits per heavy atom. The van der Waals surface area contributed by atoms with E-state index in [-0.39, 0.29) is 0 Å². The lowest BCUT2D eigenvalue weighted by atomic mass is 9.99. The predicted octanol–water partition coefficient (Wildman–Crippen LogP) is 4.26. The Balaban J connectivity index is 1.56. The Morgan fingerprint density at radius 2 is 1.59 bits per heavy atom. The number of nitriles is 1. The molecule has 0 radical (unpaired) electrons. The summed E-state index contributed by atoms with van der Waals surface area (Å²) in [7, 11) is 0. The topological polar surface area (TPSA) is 59.3 Å². The molecule has 29 heavy (non-hydrogen) atoms. The van der Waals surface area contributed by atoms with Crippen molar-refractivity contribution in [2.75, 3.05) is 18.4 Å². The minimum atomic E-state index is -0.652. The summed E-state index contributed by atoms with van der Waals surface area (Å²) in [4.78, 5) is 2.26. The average Bonchev–Trinajstić information content (AvgIpc) is 3.23. The molecule has 0 saturated carbocycles.